The Morgan fingerprint density at radius 3 is 2.17 bits per heavy atom. The fourth-order valence-electron chi connectivity index (χ4n) is 4.90. The smallest absolute Gasteiger partial charge is 0.478 e. The van der Waals surface area contributed by atoms with E-state index in [1.54, 1.807) is 6.07 Å². The van der Waals surface area contributed by atoms with Crippen molar-refractivity contribution < 1.29 is 38.1 Å². The molecule has 0 aliphatic heterocycles. The lowest BCUT2D eigenvalue weighted by Crippen LogP contribution is -2.34. The van der Waals surface area contributed by atoms with E-state index < -0.39 is 18.1 Å². The van der Waals surface area contributed by atoms with Crippen LogP contribution in [0.3, 0.4) is 0 Å². The van der Waals surface area contributed by atoms with Gasteiger partial charge in [0.05, 0.1) is 17.2 Å². The topological polar surface area (TPSA) is 136 Å². The molecule has 3 aromatic carbocycles. The molecule has 8 nitrogen and oxygen atoms in total. The molecule has 0 spiro atoms. The van der Waals surface area contributed by atoms with Gasteiger partial charge in [-0.15, -0.1) is 0 Å². The van der Waals surface area contributed by atoms with Crippen molar-refractivity contribution >= 4 is 23.0 Å². The average molecular weight is 570 g/mol. The van der Waals surface area contributed by atoms with Crippen LogP contribution in [-0.2, 0) is 11.3 Å². The van der Waals surface area contributed by atoms with Crippen molar-refractivity contribution in [1.29, 1.82) is 0 Å². The van der Waals surface area contributed by atoms with E-state index in [0.29, 0.717) is 17.4 Å². The van der Waals surface area contributed by atoms with E-state index in [1.807, 2.05) is 25.1 Å². The molecule has 0 bridgehead atoms. The number of aromatic carboxylic acids is 1. The molecule has 41 heavy (non-hydrogen) atoms. The molecule has 5 N–H and O–H groups in total. The molecule has 1 heterocycles. The first-order chi connectivity index (χ1) is 19.4. The Kier molecular flexibility index (Phi) is 9.09. The Bertz CT molecular complexity index is 1520. The zero-order valence-electron chi connectivity index (χ0n) is 22.2. The molecule has 0 atom stereocenters. The lowest BCUT2D eigenvalue weighted by molar-refractivity contribution is -0.192. The van der Waals surface area contributed by atoms with Crippen molar-refractivity contribution in [3.05, 3.63) is 77.6 Å². The monoisotopic (exact) mass is 569 g/mol. The number of hydrogen-bond acceptors (Lipinski definition) is 5. The standard InChI is InChI=1S/C28H29N3O3.C2HF3O2/c1-17-30-26-15-21(14-25(28(33)34)27(26)31-17)18-6-8-19(9-7-18)24-5-3-2-4-20(24)16-29-22-10-12-23(32)13-11-22;3-2(4,5)1(6)7/h2-9,14-15,22-23,29,32H,10-13,16H2,1H3,(H,30,31)(H,33,34);(H,6,7). The highest BCUT2D eigenvalue weighted by Crippen LogP contribution is 2.30. The zero-order chi connectivity index (χ0) is 29.7. The molecule has 4 aromatic rings. The quantitative estimate of drug-likeness (QED) is 0.194. The van der Waals surface area contributed by atoms with E-state index in [-0.39, 0.29) is 11.7 Å². The summed E-state index contributed by atoms with van der Waals surface area (Å²) in [6.07, 6.45) is -1.47. The van der Waals surface area contributed by atoms with Crippen LogP contribution in [0.4, 0.5) is 13.2 Å². The van der Waals surface area contributed by atoms with Gasteiger partial charge in [0, 0.05) is 12.6 Å². The van der Waals surface area contributed by atoms with Crippen molar-refractivity contribution in [2.24, 2.45) is 0 Å². The number of benzene rings is 3. The number of aromatic nitrogens is 2. The molecule has 1 aromatic heterocycles. The highest BCUT2D eigenvalue weighted by Gasteiger charge is 2.38. The maximum absolute atomic E-state index is 11.8. The molecule has 11 heteroatoms. The van der Waals surface area contributed by atoms with Crippen LogP contribution < -0.4 is 5.32 Å². The lowest BCUT2D eigenvalue weighted by atomic mass is 9.92. The Labute approximate surface area is 233 Å². The summed E-state index contributed by atoms with van der Waals surface area (Å²) in [4.78, 5) is 28.2. The van der Waals surface area contributed by atoms with Gasteiger partial charge in [-0.2, -0.15) is 13.2 Å². The van der Waals surface area contributed by atoms with Crippen LogP contribution in [0.5, 0.6) is 0 Å². The molecule has 1 aliphatic rings. The summed E-state index contributed by atoms with van der Waals surface area (Å²) in [5.41, 5.74) is 6.76. The second-order valence-corrected chi connectivity index (χ2v) is 9.97. The van der Waals surface area contributed by atoms with Crippen LogP contribution in [0, 0.1) is 6.92 Å². The predicted molar refractivity (Wildman–Crippen MR) is 147 cm³/mol. The molecule has 216 valence electrons. The van der Waals surface area contributed by atoms with Gasteiger partial charge >= 0.3 is 18.1 Å². The Morgan fingerprint density at radius 2 is 1.56 bits per heavy atom. The average Bonchev–Trinajstić information content (AvgIpc) is 3.32. The zero-order valence-corrected chi connectivity index (χ0v) is 22.2. The highest BCUT2D eigenvalue weighted by atomic mass is 19.4. The number of aliphatic hydroxyl groups is 1. The number of nitrogens with zero attached hydrogens (tertiary/aromatic N) is 1. The van der Waals surface area contributed by atoms with E-state index in [0.717, 1.165) is 54.4 Å². The van der Waals surface area contributed by atoms with Gasteiger partial charge in [-0.25, -0.2) is 14.6 Å². The van der Waals surface area contributed by atoms with Crippen molar-refractivity contribution in [2.45, 2.75) is 57.5 Å². The number of H-pyrrole nitrogens is 1. The van der Waals surface area contributed by atoms with Crippen molar-refractivity contribution in [2.75, 3.05) is 0 Å². The molecule has 1 saturated carbocycles. The van der Waals surface area contributed by atoms with E-state index in [9.17, 15) is 28.2 Å². The van der Waals surface area contributed by atoms with Crippen LogP contribution in [0.25, 0.3) is 33.3 Å². The summed E-state index contributed by atoms with van der Waals surface area (Å²) in [6.45, 7) is 2.61. The molecular formula is C30H30F3N3O5. The van der Waals surface area contributed by atoms with Crippen LogP contribution in [-0.4, -0.2) is 55.5 Å². The van der Waals surface area contributed by atoms with Crippen LogP contribution in [0.15, 0.2) is 60.7 Å². The summed E-state index contributed by atoms with van der Waals surface area (Å²) in [7, 11) is 0. The number of rotatable bonds is 6. The number of aromatic amines is 1. The first-order valence-electron chi connectivity index (χ1n) is 13.1. The second kappa shape index (κ2) is 12.5. The third-order valence-corrected chi connectivity index (χ3v) is 7.00. The number of fused-ring (bicyclic) bond motifs is 1. The van der Waals surface area contributed by atoms with E-state index in [4.69, 9.17) is 9.90 Å². The van der Waals surface area contributed by atoms with Gasteiger partial charge in [-0.05, 0) is 72.6 Å². The van der Waals surface area contributed by atoms with Gasteiger partial charge in [0.1, 0.15) is 11.3 Å². The fourth-order valence-corrected chi connectivity index (χ4v) is 4.90. The number of aliphatic hydroxyl groups excluding tert-OH is 1. The largest absolute Gasteiger partial charge is 0.490 e. The third-order valence-electron chi connectivity index (χ3n) is 7.00. The van der Waals surface area contributed by atoms with Gasteiger partial charge in [0.2, 0.25) is 0 Å². The molecule has 1 aliphatic carbocycles. The first kappa shape index (κ1) is 29.8. The van der Waals surface area contributed by atoms with Gasteiger partial charge in [0.25, 0.3) is 0 Å². The van der Waals surface area contributed by atoms with E-state index in [2.05, 4.69) is 51.7 Å². The summed E-state index contributed by atoms with van der Waals surface area (Å²) >= 11 is 0. The number of imidazole rings is 1. The highest BCUT2D eigenvalue weighted by molar-refractivity contribution is 6.03. The number of carboxylic acids is 2. The first-order valence-corrected chi connectivity index (χ1v) is 13.1. The number of carbonyl (C=O) groups is 2. The molecule has 0 unspecified atom stereocenters. The Morgan fingerprint density at radius 1 is 0.951 bits per heavy atom. The van der Waals surface area contributed by atoms with Crippen LogP contribution in [0.2, 0.25) is 0 Å². The summed E-state index contributed by atoms with van der Waals surface area (Å²) in [6, 6.07) is 20.8. The molecule has 5 rings (SSSR count). The minimum atomic E-state index is -5.08. The van der Waals surface area contributed by atoms with Crippen molar-refractivity contribution in [3.63, 3.8) is 0 Å². The number of alkyl halides is 3. The second-order valence-electron chi connectivity index (χ2n) is 9.97. The molecule has 0 amide bonds. The van der Waals surface area contributed by atoms with Crippen LogP contribution in [0.1, 0.15) is 47.4 Å². The Hall–Kier alpha value is -4.22. The number of aryl methyl sites for hydroxylation is 1. The predicted octanol–water partition coefficient (Wildman–Crippen LogP) is 5.93. The fraction of sp³-hybridized carbons (Fsp3) is 0.300. The summed E-state index contributed by atoms with van der Waals surface area (Å²) < 4.78 is 31.7. The molecule has 1 fully saturated rings. The number of carboxylic acid groups (broad SMARTS) is 2. The maximum atomic E-state index is 11.8. The van der Waals surface area contributed by atoms with Gasteiger partial charge < -0.3 is 25.6 Å². The molecule has 0 saturated heterocycles. The van der Waals surface area contributed by atoms with Crippen molar-refractivity contribution in [3.8, 4) is 22.3 Å². The number of nitrogens with one attached hydrogen (secondary N) is 2. The Balaban J connectivity index is 0.000000493. The molecular weight excluding hydrogens is 539 g/mol. The van der Waals surface area contributed by atoms with Gasteiger partial charge in [-0.3, -0.25) is 0 Å². The minimum absolute atomic E-state index is 0.145. The molecule has 0 radical (unpaired) electrons. The van der Waals surface area contributed by atoms with E-state index >= 15 is 0 Å². The summed E-state index contributed by atoms with van der Waals surface area (Å²) in [5, 5.41) is 30.2. The normalized spacial score (nSPS) is 17.1. The van der Waals surface area contributed by atoms with E-state index in [1.165, 1.54) is 11.1 Å². The number of aliphatic carboxylic acids is 1. The van der Waals surface area contributed by atoms with Crippen LogP contribution >= 0.6 is 0 Å². The van der Waals surface area contributed by atoms with Gasteiger partial charge in [0.15, 0.2) is 0 Å². The summed E-state index contributed by atoms with van der Waals surface area (Å²) in [5.74, 6) is -3.05. The third kappa shape index (κ3) is 7.50. The SMILES string of the molecule is Cc1nc2c(C(=O)O)cc(-c3ccc(-c4ccccc4CNC4CCC(O)CC4)cc3)cc2[nH]1.O=C(O)C(F)(F)F. The maximum Gasteiger partial charge on any atom is 0.490 e. The minimum Gasteiger partial charge on any atom is -0.478 e. The van der Waals surface area contributed by atoms with Gasteiger partial charge in [-0.1, -0.05) is 48.5 Å². The lowest BCUT2D eigenvalue weighted by Gasteiger charge is -2.26. The number of halogens is 3. The number of hydrogen-bond donors (Lipinski definition) is 5. The van der Waals surface area contributed by atoms with Crippen molar-refractivity contribution in [1.82, 2.24) is 15.3 Å².